The molecule has 0 aliphatic carbocycles. The summed E-state index contributed by atoms with van der Waals surface area (Å²) in [5.74, 6) is 0.580. The molecule has 0 aliphatic rings. The number of phenolic OH excluding ortho intramolecular Hbond substituents is 1. The van der Waals surface area contributed by atoms with E-state index in [9.17, 15) is 5.11 Å². The number of benzene rings is 8. The van der Waals surface area contributed by atoms with Crippen molar-refractivity contribution < 1.29 is 30.3 Å². The molecule has 10 aromatic rings. The standard InChI is InChI=1S/C63H54N3O.Pt/c1-41-35-55(46-29-31-50(32-30-46)62(2,3)4)58(40-54(41)45-19-12-9-13-20-45)66-57-23-16-22-52(60(57)65-61(66)53-21-14-15-24-59(53)67)48-36-49(38-51(37-48)63(5,6)7)56-39-47(33-34-64-56)44-27-25-43(26-28-44)42-17-10-8-11-18-42;/h8-35,37-40,67H,1-7H3;/q-1;/i1D3;. The smallest absolute Gasteiger partial charge is 0.148 e. The van der Waals surface area contributed by atoms with Crippen LogP contribution in [0.1, 0.15) is 62.3 Å². The summed E-state index contributed by atoms with van der Waals surface area (Å²) in [4.78, 5) is 10.4. The Bertz CT molecular complexity index is 3530. The van der Waals surface area contributed by atoms with E-state index < -0.39 is 6.85 Å². The molecule has 5 heteroatoms. The quantitative estimate of drug-likeness (QED) is 0.154. The van der Waals surface area contributed by atoms with Crippen molar-refractivity contribution in [3.63, 3.8) is 0 Å². The van der Waals surface area contributed by atoms with Crippen LogP contribution in [0.2, 0.25) is 0 Å². The molecule has 10 rings (SSSR count). The number of para-hydroxylation sites is 2. The summed E-state index contributed by atoms with van der Waals surface area (Å²) < 4.78 is 28.6. The molecule has 4 nitrogen and oxygen atoms in total. The molecule has 0 spiro atoms. The largest absolute Gasteiger partial charge is 0.507 e. The predicted octanol–water partition coefficient (Wildman–Crippen LogP) is 16.5. The van der Waals surface area contributed by atoms with Crippen LogP contribution < -0.4 is 0 Å². The van der Waals surface area contributed by atoms with E-state index in [1.165, 1.54) is 5.56 Å². The molecule has 2 aromatic heterocycles. The van der Waals surface area contributed by atoms with Gasteiger partial charge in [-0.05, 0) is 104 Å². The molecule has 0 aliphatic heterocycles. The van der Waals surface area contributed by atoms with E-state index in [0.717, 1.165) is 78.1 Å². The van der Waals surface area contributed by atoms with Gasteiger partial charge in [-0.2, -0.15) is 0 Å². The van der Waals surface area contributed by atoms with Crippen molar-refractivity contribution in [3.05, 3.63) is 217 Å². The maximum Gasteiger partial charge on any atom is 0.148 e. The molecule has 0 saturated carbocycles. The third-order valence-corrected chi connectivity index (χ3v) is 12.7. The first-order valence-corrected chi connectivity index (χ1v) is 22.9. The number of pyridine rings is 1. The molecule has 338 valence electrons. The summed E-state index contributed by atoms with van der Waals surface area (Å²) >= 11 is 0. The first kappa shape index (κ1) is 42.2. The number of aromatic nitrogens is 3. The SMILES string of the molecule is [2H]C([2H])([2H])c1cc(-c2ccc(C(C)(C)C)cc2)c(-n2c(-c3ccccc3O)nc3c(-c4[c-]c(-c5cc(-c6ccc(-c7ccccc7)cc6)ccn5)cc(C(C)(C)C)c4)cccc32)cc1-c1ccccc1.[Pt]. The van der Waals surface area contributed by atoms with E-state index in [2.05, 4.69) is 149 Å². The van der Waals surface area contributed by atoms with Crippen LogP contribution in [-0.4, -0.2) is 19.6 Å². The molecule has 2 heterocycles. The van der Waals surface area contributed by atoms with Gasteiger partial charge in [0.1, 0.15) is 11.6 Å². The van der Waals surface area contributed by atoms with Gasteiger partial charge in [0.2, 0.25) is 0 Å². The van der Waals surface area contributed by atoms with Gasteiger partial charge in [0.15, 0.2) is 0 Å². The molecule has 0 unspecified atom stereocenters. The molecule has 68 heavy (non-hydrogen) atoms. The molecule has 0 bridgehead atoms. The van der Waals surface area contributed by atoms with Crippen LogP contribution in [0.15, 0.2) is 194 Å². The van der Waals surface area contributed by atoms with Crippen molar-refractivity contribution in [1.82, 2.24) is 14.5 Å². The van der Waals surface area contributed by atoms with Crippen molar-refractivity contribution in [1.29, 1.82) is 0 Å². The maximum absolute atomic E-state index is 11.6. The number of aromatic hydroxyl groups is 1. The molecule has 0 fully saturated rings. The van der Waals surface area contributed by atoms with Crippen molar-refractivity contribution in [2.24, 2.45) is 0 Å². The van der Waals surface area contributed by atoms with Gasteiger partial charge < -0.3 is 5.11 Å². The summed E-state index contributed by atoms with van der Waals surface area (Å²) in [5.41, 5.74) is 15.7. The topological polar surface area (TPSA) is 50.9 Å². The van der Waals surface area contributed by atoms with E-state index in [-0.39, 0.29) is 43.2 Å². The minimum atomic E-state index is -2.43. The predicted molar refractivity (Wildman–Crippen MR) is 280 cm³/mol. The fourth-order valence-electron chi connectivity index (χ4n) is 8.94. The number of rotatable bonds is 8. The summed E-state index contributed by atoms with van der Waals surface area (Å²) in [6.07, 6.45) is 1.86. The Balaban J connectivity index is 0.00000624. The van der Waals surface area contributed by atoms with Gasteiger partial charge in [0, 0.05) is 42.6 Å². The van der Waals surface area contributed by atoms with Crippen molar-refractivity contribution >= 4 is 11.0 Å². The Kier molecular flexibility index (Phi) is 11.5. The normalized spacial score (nSPS) is 12.5. The van der Waals surface area contributed by atoms with Crippen molar-refractivity contribution in [3.8, 4) is 89.7 Å². The summed E-state index contributed by atoms with van der Waals surface area (Å²) in [5, 5.41) is 11.6. The second-order valence-corrected chi connectivity index (χ2v) is 19.4. The third-order valence-electron chi connectivity index (χ3n) is 12.7. The van der Waals surface area contributed by atoms with Gasteiger partial charge in [-0.3, -0.25) is 9.55 Å². The molecule has 0 atom stereocenters. The first-order chi connectivity index (χ1) is 33.5. The summed E-state index contributed by atoms with van der Waals surface area (Å²) in [6.45, 7) is 10.7. The van der Waals surface area contributed by atoms with Crippen LogP contribution >= 0.6 is 0 Å². The number of phenols is 1. The first-order valence-electron chi connectivity index (χ1n) is 24.4. The zero-order valence-electron chi connectivity index (χ0n) is 42.1. The number of hydrogen-bond acceptors (Lipinski definition) is 3. The Morgan fingerprint density at radius 3 is 1.74 bits per heavy atom. The van der Waals surface area contributed by atoms with Crippen LogP contribution in [0, 0.1) is 12.9 Å². The van der Waals surface area contributed by atoms with Gasteiger partial charge in [0.25, 0.3) is 0 Å². The number of fused-ring (bicyclic) bond motifs is 1. The van der Waals surface area contributed by atoms with E-state index >= 15 is 0 Å². The molecule has 0 amide bonds. The number of imidazole rings is 1. The van der Waals surface area contributed by atoms with Crippen molar-refractivity contribution in [2.45, 2.75) is 59.2 Å². The molecule has 8 aromatic carbocycles. The zero-order valence-corrected chi connectivity index (χ0v) is 41.4. The fraction of sp³-hybridized carbons (Fsp3) is 0.143. The second-order valence-electron chi connectivity index (χ2n) is 19.4. The number of aryl methyl sites for hydroxylation is 1. The van der Waals surface area contributed by atoms with Gasteiger partial charge in [-0.25, -0.2) is 4.98 Å². The maximum atomic E-state index is 11.6. The van der Waals surface area contributed by atoms with Gasteiger partial charge >= 0.3 is 0 Å². The van der Waals surface area contributed by atoms with Crippen LogP contribution in [-0.2, 0) is 31.9 Å². The Labute approximate surface area is 419 Å². The van der Waals surface area contributed by atoms with Crippen LogP contribution in [0.4, 0.5) is 0 Å². The second kappa shape index (κ2) is 18.5. The Morgan fingerprint density at radius 1 is 0.500 bits per heavy atom. The molecule has 1 N–H and O–H groups in total. The van der Waals surface area contributed by atoms with Gasteiger partial charge in [0.05, 0.1) is 22.3 Å². The minimum Gasteiger partial charge on any atom is -0.507 e. The third kappa shape index (κ3) is 9.02. The fourth-order valence-corrected chi connectivity index (χ4v) is 8.94. The average Bonchev–Trinajstić information content (AvgIpc) is 3.75. The van der Waals surface area contributed by atoms with E-state index in [1.807, 2.05) is 85.1 Å². The van der Waals surface area contributed by atoms with E-state index in [0.29, 0.717) is 22.5 Å². The van der Waals surface area contributed by atoms with Gasteiger partial charge in [-0.1, -0.05) is 192 Å². The van der Waals surface area contributed by atoms with Crippen LogP contribution in [0.5, 0.6) is 5.75 Å². The Morgan fingerprint density at radius 2 is 1.07 bits per heavy atom. The molecule has 0 saturated heterocycles. The van der Waals surface area contributed by atoms with Gasteiger partial charge in [-0.15, -0.1) is 29.3 Å². The molecular weight excluding hydrogens is 1010 g/mol. The number of nitrogens with zero attached hydrogens (tertiary/aromatic N) is 3. The minimum absolute atomic E-state index is 0. The van der Waals surface area contributed by atoms with E-state index in [4.69, 9.17) is 14.1 Å². The summed E-state index contributed by atoms with van der Waals surface area (Å²) in [6, 6.07) is 66.7. The number of hydrogen-bond donors (Lipinski definition) is 1. The zero-order chi connectivity index (χ0) is 49.0. The average molecular weight is 1070 g/mol. The van der Waals surface area contributed by atoms with Crippen LogP contribution in [0.3, 0.4) is 0 Å². The van der Waals surface area contributed by atoms with Crippen molar-refractivity contribution in [2.75, 3.05) is 0 Å². The van der Waals surface area contributed by atoms with Crippen LogP contribution in [0.25, 0.3) is 95.0 Å². The molecule has 0 radical (unpaired) electrons. The Hall–Kier alpha value is -7.13. The molecular formula is C63H54N3OPt-. The summed E-state index contributed by atoms with van der Waals surface area (Å²) in [7, 11) is 0. The van der Waals surface area contributed by atoms with E-state index in [1.54, 1.807) is 12.1 Å². The monoisotopic (exact) mass is 1070 g/mol.